The first-order chi connectivity index (χ1) is 9.65. The topological polar surface area (TPSA) is 71.2 Å². The van der Waals surface area contributed by atoms with Crippen LogP contribution < -0.4 is 11.1 Å². The summed E-state index contributed by atoms with van der Waals surface area (Å²) >= 11 is 3.42. The summed E-state index contributed by atoms with van der Waals surface area (Å²) in [6.45, 7) is 3.19. The van der Waals surface area contributed by atoms with E-state index in [2.05, 4.69) is 33.2 Å². The molecule has 0 saturated carbocycles. The number of pyridine rings is 1. The van der Waals surface area contributed by atoms with Gasteiger partial charge in [0.1, 0.15) is 0 Å². The number of halogens is 1. The lowest BCUT2D eigenvalue weighted by atomic mass is 10.0. The average Bonchev–Trinajstić information content (AvgIpc) is 2.45. The van der Waals surface area contributed by atoms with E-state index in [1.807, 2.05) is 18.2 Å². The first-order valence-electron chi connectivity index (χ1n) is 6.84. The number of hydrogen-bond donors (Lipinski definition) is 3. The molecule has 0 aliphatic heterocycles. The first-order valence-corrected chi connectivity index (χ1v) is 7.63. The number of nitrogens with zero attached hydrogens (tertiary/aromatic N) is 1. The monoisotopic (exact) mass is 337 g/mol. The molecule has 4 N–H and O–H groups in total. The second kappa shape index (κ2) is 6.90. The smallest absolute Gasteiger partial charge is 0.0954 e. The Bertz CT molecular complexity index is 589. The van der Waals surface area contributed by atoms with Crippen molar-refractivity contribution >= 4 is 38.2 Å². The highest BCUT2D eigenvalue weighted by atomic mass is 79.9. The minimum Gasteiger partial charge on any atom is -0.398 e. The van der Waals surface area contributed by atoms with Crippen molar-refractivity contribution in [2.45, 2.75) is 19.8 Å². The quantitative estimate of drug-likeness (QED) is 0.706. The average molecular weight is 338 g/mol. The normalized spacial score (nSPS) is 12.6. The van der Waals surface area contributed by atoms with Crippen LogP contribution >= 0.6 is 15.9 Å². The van der Waals surface area contributed by atoms with Crippen LogP contribution in [0.25, 0.3) is 10.9 Å². The highest BCUT2D eigenvalue weighted by molar-refractivity contribution is 9.10. The maximum absolute atomic E-state index is 9.04. The van der Waals surface area contributed by atoms with E-state index in [0.29, 0.717) is 5.92 Å². The Morgan fingerprint density at radius 2 is 2.25 bits per heavy atom. The molecular weight excluding hydrogens is 318 g/mol. The summed E-state index contributed by atoms with van der Waals surface area (Å²) in [5.74, 6) is 0.461. The lowest BCUT2D eigenvalue weighted by Gasteiger charge is -2.16. The molecule has 0 saturated heterocycles. The Kier molecular flexibility index (Phi) is 5.20. The van der Waals surface area contributed by atoms with Gasteiger partial charge in [0.25, 0.3) is 0 Å². The molecule has 0 radical (unpaired) electrons. The third-order valence-electron chi connectivity index (χ3n) is 3.55. The van der Waals surface area contributed by atoms with Gasteiger partial charge in [0, 0.05) is 34.9 Å². The molecule has 1 atom stereocenters. The van der Waals surface area contributed by atoms with E-state index in [1.165, 1.54) is 0 Å². The molecule has 0 aliphatic rings. The summed E-state index contributed by atoms with van der Waals surface area (Å²) in [5, 5.41) is 13.4. The lowest BCUT2D eigenvalue weighted by molar-refractivity contribution is 0.258. The van der Waals surface area contributed by atoms with Crippen LogP contribution in [0, 0.1) is 5.92 Å². The van der Waals surface area contributed by atoms with Crippen LogP contribution in [0.5, 0.6) is 0 Å². The molecule has 5 heteroatoms. The minimum atomic E-state index is 0.230. The lowest BCUT2D eigenvalue weighted by Crippen LogP contribution is -2.15. The molecule has 0 aliphatic carbocycles. The van der Waals surface area contributed by atoms with Gasteiger partial charge in [-0.2, -0.15) is 0 Å². The SMILES string of the molecule is CCC(CCO)CNc1ccc(N)c2cc(Br)cnc12. The molecule has 2 rings (SSSR count). The molecule has 108 valence electrons. The van der Waals surface area contributed by atoms with Crippen molar-refractivity contribution in [2.24, 2.45) is 5.92 Å². The highest BCUT2D eigenvalue weighted by Crippen LogP contribution is 2.29. The fraction of sp³-hybridized carbons (Fsp3) is 0.400. The fourth-order valence-electron chi connectivity index (χ4n) is 2.25. The Labute approximate surface area is 127 Å². The molecule has 1 aromatic heterocycles. The Morgan fingerprint density at radius 3 is 2.95 bits per heavy atom. The van der Waals surface area contributed by atoms with Gasteiger partial charge in [-0.1, -0.05) is 13.3 Å². The molecule has 4 nitrogen and oxygen atoms in total. The molecule has 1 unspecified atom stereocenters. The standard InChI is InChI=1S/C15H20BrN3O/c1-2-10(5-6-20)8-18-14-4-3-13(17)12-7-11(16)9-19-15(12)14/h3-4,7,9-10,18,20H,2,5-6,8,17H2,1H3. The maximum atomic E-state index is 9.04. The second-order valence-electron chi connectivity index (χ2n) is 4.92. The van der Waals surface area contributed by atoms with E-state index >= 15 is 0 Å². The van der Waals surface area contributed by atoms with Gasteiger partial charge in [-0.15, -0.1) is 0 Å². The number of aliphatic hydroxyl groups is 1. The van der Waals surface area contributed by atoms with E-state index in [0.717, 1.165) is 46.1 Å². The van der Waals surface area contributed by atoms with Gasteiger partial charge in [-0.25, -0.2) is 0 Å². The summed E-state index contributed by atoms with van der Waals surface area (Å²) in [6, 6.07) is 5.84. The molecular formula is C15H20BrN3O. The number of aliphatic hydroxyl groups excluding tert-OH is 1. The van der Waals surface area contributed by atoms with Crippen molar-refractivity contribution in [2.75, 3.05) is 24.2 Å². The third-order valence-corrected chi connectivity index (χ3v) is 3.98. The summed E-state index contributed by atoms with van der Waals surface area (Å²) in [6.07, 6.45) is 3.63. The van der Waals surface area contributed by atoms with Crippen LogP contribution in [0.4, 0.5) is 11.4 Å². The largest absolute Gasteiger partial charge is 0.398 e. The number of fused-ring (bicyclic) bond motifs is 1. The van der Waals surface area contributed by atoms with Crippen molar-refractivity contribution < 1.29 is 5.11 Å². The predicted molar refractivity (Wildman–Crippen MR) is 87.8 cm³/mol. The van der Waals surface area contributed by atoms with Crippen molar-refractivity contribution in [1.82, 2.24) is 4.98 Å². The number of nitrogen functional groups attached to an aromatic ring is 1. The van der Waals surface area contributed by atoms with Crippen LogP contribution in [-0.2, 0) is 0 Å². The van der Waals surface area contributed by atoms with E-state index in [-0.39, 0.29) is 6.61 Å². The molecule has 0 amide bonds. The maximum Gasteiger partial charge on any atom is 0.0954 e. The van der Waals surface area contributed by atoms with Crippen molar-refractivity contribution in [3.63, 3.8) is 0 Å². The van der Waals surface area contributed by atoms with Gasteiger partial charge in [-0.3, -0.25) is 4.98 Å². The molecule has 0 spiro atoms. The zero-order valence-electron chi connectivity index (χ0n) is 11.6. The van der Waals surface area contributed by atoms with Gasteiger partial charge < -0.3 is 16.2 Å². The summed E-state index contributed by atoms with van der Waals surface area (Å²) in [4.78, 5) is 4.45. The van der Waals surface area contributed by atoms with Gasteiger partial charge in [0.2, 0.25) is 0 Å². The van der Waals surface area contributed by atoms with Gasteiger partial charge in [0.15, 0.2) is 0 Å². The number of anilines is 2. The van der Waals surface area contributed by atoms with Gasteiger partial charge in [0.05, 0.1) is 11.2 Å². The fourth-order valence-corrected chi connectivity index (χ4v) is 2.58. The molecule has 0 fully saturated rings. The molecule has 1 heterocycles. The number of nitrogens with one attached hydrogen (secondary N) is 1. The number of hydrogen-bond acceptors (Lipinski definition) is 4. The zero-order valence-corrected chi connectivity index (χ0v) is 13.2. The van der Waals surface area contributed by atoms with Crippen molar-refractivity contribution in [1.29, 1.82) is 0 Å². The Morgan fingerprint density at radius 1 is 1.45 bits per heavy atom. The van der Waals surface area contributed by atoms with E-state index in [9.17, 15) is 0 Å². The molecule has 20 heavy (non-hydrogen) atoms. The third kappa shape index (κ3) is 3.41. The second-order valence-corrected chi connectivity index (χ2v) is 5.84. The van der Waals surface area contributed by atoms with E-state index in [4.69, 9.17) is 10.8 Å². The van der Waals surface area contributed by atoms with Crippen LogP contribution in [0.3, 0.4) is 0 Å². The molecule has 0 bridgehead atoms. The first kappa shape index (κ1) is 15.1. The number of aromatic nitrogens is 1. The van der Waals surface area contributed by atoms with Crippen molar-refractivity contribution in [3.05, 3.63) is 28.9 Å². The van der Waals surface area contributed by atoms with E-state index in [1.54, 1.807) is 6.20 Å². The van der Waals surface area contributed by atoms with Gasteiger partial charge >= 0.3 is 0 Å². The zero-order chi connectivity index (χ0) is 14.5. The molecule has 2 aromatic rings. The minimum absolute atomic E-state index is 0.230. The Hall–Kier alpha value is -1.33. The van der Waals surface area contributed by atoms with Crippen LogP contribution in [0.2, 0.25) is 0 Å². The Balaban J connectivity index is 2.24. The van der Waals surface area contributed by atoms with Crippen molar-refractivity contribution in [3.8, 4) is 0 Å². The predicted octanol–water partition coefficient (Wildman–Crippen LogP) is 3.40. The number of nitrogens with two attached hydrogens (primary N) is 1. The van der Waals surface area contributed by atoms with Crippen LogP contribution in [-0.4, -0.2) is 23.2 Å². The highest BCUT2D eigenvalue weighted by Gasteiger charge is 2.09. The summed E-state index contributed by atoms with van der Waals surface area (Å²) in [7, 11) is 0. The number of rotatable bonds is 6. The number of benzene rings is 1. The molecule has 1 aromatic carbocycles. The van der Waals surface area contributed by atoms with Crippen LogP contribution in [0.1, 0.15) is 19.8 Å². The summed E-state index contributed by atoms with van der Waals surface area (Å²) in [5.41, 5.74) is 8.59. The van der Waals surface area contributed by atoms with E-state index < -0.39 is 0 Å². The summed E-state index contributed by atoms with van der Waals surface area (Å²) < 4.78 is 0.917. The van der Waals surface area contributed by atoms with Crippen LogP contribution in [0.15, 0.2) is 28.9 Å². The van der Waals surface area contributed by atoms with Gasteiger partial charge in [-0.05, 0) is 46.5 Å².